The van der Waals surface area contributed by atoms with Crippen molar-refractivity contribution in [2.45, 2.75) is 13.0 Å². The summed E-state index contributed by atoms with van der Waals surface area (Å²) in [5.41, 5.74) is 0.798. The van der Waals surface area contributed by atoms with E-state index >= 15 is 0 Å². The molecule has 1 aliphatic rings. The van der Waals surface area contributed by atoms with E-state index in [0.717, 1.165) is 18.5 Å². The molecule has 2 rings (SSSR count). The summed E-state index contributed by atoms with van der Waals surface area (Å²) in [5.74, 6) is -0.207. The van der Waals surface area contributed by atoms with E-state index in [1.165, 1.54) is 6.07 Å². The molecule has 1 unspecified atom stereocenters. The molecule has 0 spiro atoms. The van der Waals surface area contributed by atoms with Gasteiger partial charge in [0.05, 0.1) is 13.2 Å². The predicted octanol–water partition coefficient (Wildman–Crippen LogP) is 1.66. The van der Waals surface area contributed by atoms with Crippen LogP contribution in [0.1, 0.15) is 12.0 Å². The summed E-state index contributed by atoms with van der Waals surface area (Å²) in [5, 5.41) is 9.51. The minimum atomic E-state index is -0.207. The lowest BCUT2D eigenvalue weighted by molar-refractivity contribution is 0.0624. The van der Waals surface area contributed by atoms with Crippen molar-refractivity contribution in [3.05, 3.63) is 35.6 Å². The van der Waals surface area contributed by atoms with Gasteiger partial charge in [0.15, 0.2) is 0 Å². The fourth-order valence-electron chi connectivity index (χ4n) is 2.52. The standard InChI is InChI=1S/C14H20FNO2/c1-16(8-12-3-2-4-13(15)7-12)9-14(10-17)5-6-18-11-14/h2-4,7,17H,5-6,8-11H2,1H3. The molecule has 0 radical (unpaired) electrons. The Bertz CT molecular complexity index is 391. The maximum absolute atomic E-state index is 13.1. The molecule has 1 aromatic rings. The largest absolute Gasteiger partial charge is 0.396 e. The van der Waals surface area contributed by atoms with Crippen LogP contribution in [0.5, 0.6) is 0 Å². The van der Waals surface area contributed by atoms with Crippen LogP contribution in [0.2, 0.25) is 0 Å². The number of hydrogen-bond donors (Lipinski definition) is 1. The molecule has 1 heterocycles. The zero-order valence-electron chi connectivity index (χ0n) is 10.7. The van der Waals surface area contributed by atoms with E-state index in [0.29, 0.717) is 19.8 Å². The second kappa shape index (κ2) is 5.78. The third-order valence-corrected chi connectivity index (χ3v) is 3.47. The van der Waals surface area contributed by atoms with Gasteiger partial charge >= 0.3 is 0 Å². The maximum atomic E-state index is 13.1. The average molecular weight is 253 g/mol. The molecular weight excluding hydrogens is 233 g/mol. The summed E-state index contributed by atoms with van der Waals surface area (Å²) in [7, 11) is 1.99. The Labute approximate surface area is 107 Å². The normalized spacial score (nSPS) is 23.8. The van der Waals surface area contributed by atoms with E-state index in [1.807, 2.05) is 13.1 Å². The first-order valence-corrected chi connectivity index (χ1v) is 6.25. The number of aliphatic hydroxyl groups is 1. The summed E-state index contributed by atoms with van der Waals surface area (Å²) < 4.78 is 18.5. The number of ether oxygens (including phenoxy) is 1. The van der Waals surface area contributed by atoms with E-state index in [4.69, 9.17) is 4.74 Å². The Hall–Kier alpha value is -0.970. The Kier molecular flexibility index (Phi) is 4.32. The van der Waals surface area contributed by atoms with E-state index in [9.17, 15) is 9.50 Å². The first-order valence-electron chi connectivity index (χ1n) is 6.25. The molecule has 3 nitrogen and oxygen atoms in total. The quantitative estimate of drug-likeness (QED) is 0.866. The highest BCUT2D eigenvalue weighted by atomic mass is 19.1. The summed E-state index contributed by atoms with van der Waals surface area (Å²) >= 11 is 0. The molecule has 18 heavy (non-hydrogen) atoms. The molecule has 0 aromatic heterocycles. The van der Waals surface area contributed by atoms with Crippen LogP contribution in [-0.2, 0) is 11.3 Å². The van der Waals surface area contributed by atoms with Crippen LogP contribution < -0.4 is 0 Å². The first kappa shape index (κ1) is 13.5. The predicted molar refractivity (Wildman–Crippen MR) is 67.7 cm³/mol. The van der Waals surface area contributed by atoms with Crippen molar-refractivity contribution < 1.29 is 14.2 Å². The molecule has 1 aliphatic heterocycles. The summed E-state index contributed by atoms with van der Waals surface area (Å²) in [6.45, 7) is 2.91. The van der Waals surface area contributed by atoms with Crippen LogP contribution in [0.25, 0.3) is 0 Å². The van der Waals surface area contributed by atoms with Crippen LogP contribution in [0.15, 0.2) is 24.3 Å². The van der Waals surface area contributed by atoms with Gasteiger partial charge in [0.2, 0.25) is 0 Å². The molecule has 4 heteroatoms. The van der Waals surface area contributed by atoms with Crippen molar-refractivity contribution in [3.8, 4) is 0 Å². The molecular formula is C14H20FNO2. The Morgan fingerprint density at radius 1 is 1.50 bits per heavy atom. The van der Waals surface area contributed by atoms with Crippen molar-refractivity contribution in [3.63, 3.8) is 0 Å². The van der Waals surface area contributed by atoms with Gasteiger partial charge in [-0.3, -0.25) is 0 Å². The number of nitrogens with zero attached hydrogens (tertiary/aromatic N) is 1. The van der Waals surface area contributed by atoms with Crippen LogP contribution in [0.4, 0.5) is 4.39 Å². The highest BCUT2D eigenvalue weighted by Crippen LogP contribution is 2.29. The lowest BCUT2D eigenvalue weighted by Gasteiger charge is -2.30. The van der Waals surface area contributed by atoms with E-state index in [1.54, 1.807) is 12.1 Å². The zero-order chi connectivity index (χ0) is 13.0. The van der Waals surface area contributed by atoms with Crippen LogP contribution >= 0.6 is 0 Å². The zero-order valence-corrected chi connectivity index (χ0v) is 10.7. The SMILES string of the molecule is CN(Cc1cccc(F)c1)CC1(CO)CCOC1. The molecule has 100 valence electrons. The number of hydrogen-bond acceptors (Lipinski definition) is 3. The van der Waals surface area contributed by atoms with Crippen molar-refractivity contribution in [1.29, 1.82) is 0 Å². The number of benzene rings is 1. The van der Waals surface area contributed by atoms with Gasteiger partial charge in [-0.15, -0.1) is 0 Å². The van der Waals surface area contributed by atoms with Gasteiger partial charge in [-0.25, -0.2) is 4.39 Å². The van der Waals surface area contributed by atoms with Crippen LogP contribution in [0.3, 0.4) is 0 Å². The molecule has 0 amide bonds. The van der Waals surface area contributed by atoms with Gasteiger partial charge in [0.1, 0.15) is 5.82 Å². The first-order chi connectivity index (χ1) is 8.63. The van der Waals surface area contributed by atoms with Crippen LogP contribution in [0, 0.1) is 11.2 Å². The number of rotatable bonds is 5. The topological polar surface area (TPSA) is 32.7 Å². The van der Waals surface area contributed by atoms with E-state index < -0.39 is 0 Å². The van der Waals surface area contributed by atoms with Crippen molar-refractivity contribution >= 4 is 0 Å². The lowest BCUT2D eigenvalue weighted by Crippen LogP contribution is -2.38. The molecule has 1 aromatic carbocycles. The molecule has 1 fully saturated rings. The third-order valence-electron chi connectivity index (χ3n) is 3.47. The highest BCUT2D eigenvalue weighted by Gasteiger charge is 2.35. The summed E-state index contributed by atoms with van der Waals surface area (Å²) in [6.07, 6.45) is 0.886. The Morgan fingerprint density at radius 2 is 2.33 bits per heavy atom. The van der Waals surface area contributed by atoms with Crippen molar-refractivity contribution in [2.24, 2.45) is 5.41 Å². The fourth-order valence-corrected chi connectivity index (χ4v) is 2.52. The van der Waals surface area contributed by atoms with Gasteiger partial charge in [-0.05, 0) is 31.2 Å². The van der Waals surface area contributed by atoms with E-state index in [-0.39, 0.29) is 17.8 Å². The van der Waals surface area contributed by atoms with Crippen LogP contribution in [-0.4, -0.2) is 43.4 Å². The molecule has 0 aliphatic carbocycles. The van der Waals surface area contributed by atoms with Crippen molar-refractivity contribution in [1.82, 2.24) is 4.90 Å². The lowest BCUT2D eigenvalue weighted by atomic mass is 9.88. The van der Waals surface area contributed by atoms with E-state index in [2.05, 4.69) is 4.90 Å². The Morgan fingerprint density at radius 3 is 2.94 bits per heavy atom. The molecule has 1 N–H and O–H groups in total. The van der Waals surface area contributed by atoms with Gasteiger partial charge in [-0.2, -0.15) is 0 Å². The smallest absolute Gasteiger partial charge is 0.123 e. The van der Waals surface area contributed by atoms with Gasteiger partial charge in [0.25, 0.3) is 0 Å². The maximum Gasteiger partial charge on any atom is 0.123 e. The highest BCUT2D eigenvalue weighted by molar-refractivity contribution is 5.16. The summed E-state index contributed by atoms with van der Waals surface area (Å²) in [6, 6.07) is 6.63. The van der Waals surface area contributed by atoms with Gasteiger partial charge in [-0.1, -0.05) is 12.1 Å². The van der Waals surface area contributed by atoms with Crippen molar-refractivity contribution in [2.75, 3.05) is 33.4 Å². The van der Waals surface area contributed by atoms with Gasteiger partial charge < -0.3 is 14.7 Å². The number of aliphatic hydroxyl groups excluding tert-OH is 1. The minimum absolute atomic E-state index is 0.139. The molecule has 1 saturated heterocycles. The summed E-state index contributed by atoms with van der Waals surface area (Å²) in [4.78, 5) is 2.11. The molecule has 0 bridgehead atoms. The second-order valence-electron chi connectivity index (χ2n) is 5.26. The number of halogens is 1. The minimum Gasteiger partial charge on any atom is -0.396 e. The third kappa shape index (κ3) is 3.28. The second-order valence-corrected chi connectivity index (χ2v) is 5.26. The van der Waals surface area contributed by atoms with Gasteiger partial charge in [0, 0.05) is 25.1 Å². The molecule has 0 saturated carbocycles. The monoisotopic (exact) mass is 253 g/mol. The average Bonchev–Trinajstić information content (AvgIpc) is 2.78. The fraction of sp³-hybridized carbons (Fsp3) is 0.571. The molecule has 1 atom stereocenters. The Balaban J connectivity index is 1.93.